The van der Waals surface area contributed by atoms with E-state index < -0.39 is 5.92 Å². The lowest BCUT2D eigenvalue weighted by atomic mass is 9.99. The van der Waals surface area contributed by atoms with E-state index in [1.165, 1.54) is 0 Å². The monoisotopic (exact) mass is 433 g/mol. The van der Waals surface area contributed by atoms with Gasteiger partial charge in [-0.2, -0.15) is 0 Å². The molecule has 4 N–H and O–H groups in total. The Bertz CT molecular complexity index is 821. The lowest BCUT2D eigenvalue weighted by Gasteiger charge is -2.44. The molecular formula is C21H31N5O3S. The standard InChI is InChI=1S/C21H31N5O3S/c1-13(2)11-14(12-27)22-18-17(20-23-15-5-3-4-6-16(15)30-20)19(28)25-21(24-18)26-7-9-29-10-8-26/h3-6,13-14,17-18,21-22,24,27H,7-12H2,1-2H3,(H,25,28)/t14-,17?,18?,21?/m1/s1. The van der Waals surface area contributed by atoms with Crippen molar-refractivity contribution in [2.45, 2.75) is 44.7 Å². The third kappa shape index (κ3) is 4.82. The quantitative estimate of drug-likeness (QED) is 0.518. The number of aromatic nitrogens is 1. The summed E-state index contributed by atoms with van der Waals surface area (Å²) in [5.41, 5.74) is 0.903. The first-order chi connectivity index (χ1) is 14.5. The van der Waals surface area contributed by atoms with Gasteiger partial charge in [0.1, 0.15) is 17.2 Å². The molecule has 1 aromatic heterocycles. The molecule has 30 heavy (non-hydrogen) atoms. The van der Waals surface area contributed by atoms with Crippen molar-refractivity contribution < 1.29 is 14.6 Å². The van der Waals surface area contributed by atoms with E-state index in [4.69, 9.17) is 9.72 Å². The number of ether oxygens (including phenoxy) is 1. The van der Waals surface area contributed by atoms with Crippen LogP contribution in [-0.2, 0) is 9.53 Å². The van der Waals surface area contributed by atoms with Gasteiger partial charge >= 0.3 is 0 Å². The Morgan fingerprint density at radius 1 is 1.33 bits per heavy atom. The molecule has 0 saturated carbocycles. The number of carbonyl (C=O) groups excluding carboxylic acids is 1. The smallest absolute Gasteiger partial charge is 0.235 e. The summed E-state index contributed by atoms with van der Waals surface area (Å²) in [6, 6.07) is 7.84. The van der Waals surface area contributed by atoms with Gasteiger partial charge in [0.05, 0.1) is 36.2 Å². The van der Waals surface area contributed by atoms with E-state index in [2.05, 4.69) is 34.7 Å². The maximum atomic E-state index is 13.3. The second kappa shape index (κ2) is 9.67. The Balaban J connectivity index is 1.60. The highest BCUT2D eigenvalue weighted by Gasteiger charge is 2.41. The van der Waals surface area contributed by atoms with Crippen molar-refractivity contribution in [2.24, 2.45) is 5.92 Å². The van der Waals surface area contributed by atoms with Gasteiger partial charge in [-0.1, -0.05) is 26.0 Å². The van der Waals surface area contributed by atoms with Crippen LogP contribution in [0, 0.1) is 5.92 Å². The summed E-state index contributed by atoms with van der Waals surface area (Å²) in [6.45, 7) is 7.10. The normalized spacial score (nSPS) is 26.8. The predicted molar refractivity (Wildman–Crippen MR) is 117 cm³/mol. The maximum absolute atomic E-state index is 13.3. The lowest BCUT2D eigenvalue weighted by molar-refractivity contribution is -0.131. The van der Waals surface area contributed by atoms with Gasteiger partial charge < -0.3 is 15.2 Å². The van der Waals surface area contributed by atoms with Crippen molar-refractivity contribution >= 4 is 27.5 Å². The highest BCUT2D eigenvalue weighted by molar-refractivity contribution is 7.18. The lowest BCUT2D eigenvalue weighted by Crippen LogP contribution is -2.71. The molecule has 0 radical (unpaired) electrons. The molecule has 0 bridgehead atoms. The zero-order valence-corrected chi connectivity index (χ0v) is 18.3. The van der Waals surface area contributed by atoms with Gasteiger partial charge in [-0.3, -0.25) is 20.3 Å². The maximum Gasteiger partial charge on any atom is 0.235 e. The number of para-hydroxylation sites is 1. The van der Waals surface area contributed by atoms with Gasteiger partial charge in [-0.15, -0.1) is 11.3 Å². The van der Waals surface area contributed by atoms with Gasteiger partial charge in [-0.25, -0.2) is 4.98 Å². The first-order valence-corrected chi connectivity index (χ1v) is 11.5. The van der Waals surface area contributed by atoms with E-state index >= 15 is 0 Å². The number of hydrogen-bond donors (Lipinski definition) is 4. The molecule has 9 heteroatoms. The Morgan fingerprint density at radius 3 is 2.80 bits per heavy atom. The van der Waals surface area contributed by atoms with Crippen LogP contribution in [0.3, 0.4) is 0 Å². The number of fused-ring (bicyclic) bond motifs is 1. The fourth-order valence-corrected chi connectivity index (χ4v) is 5.26. The number of nitrogens with zero attached hydrogens (tertiary/aromatic N) is 2. The van der Waals surface area contributed by atoms with Crippen molar-refractivity contribution in [1.82, 2.24) is 25.8 Å². The van der Waals surface area contributed by atoms with Crippen molar-refractivity contribution in [2.75, 3.05) is 32.9 Å². The Kier molecular flexibility index (Phi) is 6.97. The van der Waals surface area contributed by atoms with E-state index in [9.17, 15) is 9.90 Å². The fourth-order valence-electron chi connectivity index (χ4n) is 4.16. The summed E-state index contributed by atoms with van der Waals surface area (Å²) >= 11 is 1.55. The summed E-state index contributed by atoms with van der Waals surface area (Å²) in [5, 5.41) is 20.9. The third-order valence-corrected chi connectivity index (χ3v) is 6.73. The molecule has 4 atom stereocenters. The van der Waals surface area contributed by atoms with Crippen LogP contribution in [0.4, 0.5) is 0 Å². The fraction of sp³-hybridized carbons (Fsp3) is 0.619. The molecule has 3 unspecified atom stereocenters. The number of nitrogens with one attached hydrogen (secondary N) is 3. The molecule has 4 rings (SSSR count). The van der Waals surface area contributed by atoms with E-state index in [1.807, 2.05) is 24.3 Å². The average Bonchev–Trinajstić information content (AvgIpc) is 3.16. The molecule has 1 amide bonds. The Hall–Kier alpha value is -1.62. The molecule has 0 aliphatic carbocycles. The minimum Gasteiger partial charge on any atom is -0.395 e. The topological polar surface area (TPSA) is 98.8 Å². The molecule has 1 aromatic carbocycles. The van der Waals surface area contributed by atoms with Crippen LogP contribution in [0.1, 0.15) is 31.2 Å². The first kappa shape index (κ1) is 21.6. The average molecular weight is 434 g/mol. The van der Waals surface area contributed by atoms with Gasteiger partial charge in [0.25, 0.3) is 0 Å². The molecule has 2 saturated heterocycles. The first-order valence-electron chi connectivity index (χ1n) is 10.7. The Labute approximate surface area is 181 Å². The highest BCUT2D eigenvalue weighted by Crippen LogP contribution is 2.31. The number of aliphatic hydroxyl groups is 1. The van der Waals surface area contributed by atoms with Crippen LogP contribution < -0.4 is 16.0 Å². The van der Waals surface area contributed by atoms with Crippen LogP contribution in [0.25, 0.3) is 10.2 Å². The van der Waals surface area contributed by atoms with Crippen molar-refractivity contribution in [3.05, 3.63) is 29.3 Å². The summed E-state index contributed by atoms with van der Waals surface area (Å²) in [6.07, 6.45) is 0.219. The third-order valence-electron chi connectivity index (χ3n) is 5.61. The number of carbonyl (C=O) groups is 1. The predicted octanol–water partition coefficient (Wildman–Crippen LogP) is 1.04. The molecule has 8 nitrogen and oxygen atoms in total. The van der Waals surface area contributed by atoms with Crippen LogP contribution >= 0.6 is 11.3 Å². The minimum atomic E-state index is -0.471. The summed E-state index contributed by atoms with van der Waals surface area (Å²) < 4.78 is 6.52. The highest BCUT2D eigenvalue weighted by atomic mass is 32.1. The number of thiazole rings is 1. The molecule has 164 valence electrons. The van der Waals surface area contributed by atoms with E-state index in [0.29, 0.717) is 19.1 Å². The molecule has 2 aromatic rings. The molecule has 2 fully saturated rings. The second-order valence-electron chi connectivity index (χ2n) is 8.38. The number of morpholine rings is 1. The van der Waals surface area contributed by atoms with Crippen LogP contribution in [0.2, 0.25) is 0 Å². The van der Waals surface area contributed by atoms with Crippen LogP contribution in [0.5, 0.6) is 0 Å². The summed E-state index contributed by atoms with van der Waals surface area (Å²) in [4.78, 5) is 20.2. The van der Waals surface area contributed by atoms with Gasteiger partial charge in [-0.05, 0) is 24.5 Å². The number of benzene rings is 1. The second-order valence-corrected chi connectivity index (χ2v) is 9.44. The number of hydrogen-bond acceptors (Lipinski definition) is 8. The van der Waals surface area contributed by atoms with Crippen molar-refractivity contribution in [1.29, 1.82) is 0 Å². The molecule has 3 heterocycles. The summed E-state index contributed by atoms with van der Waals surface area (Å²) in [5.74, 6) is -0.0908. The van der Waals surface area contributed by atoms with Crippen LogP contribution in [0.15, 0.2) is 24.3 Å². The van der Waals surface area contributed by atoms with E-state index in [0.717, 1.165) is 34.7 Å². The SMILES string of the molecule is CC(C)C[C@H](CO)NC1NC(N2CCOCC2)NC(=O)C1c1nc2ccccc2s1. The van der Waals surface area contributed by atoms with Crippen molar-refractivity contribution in [3.8, 4) is 0 Å². The molecule has 0 spiro atoms. The largest absolute Gasteiger partial charge is 0.395 e. The van der Waals surface area contributed by atoms with Crippen molar-refractivity contribution in [3.63, 3.8) is 0 Å². The van der Waals surface area contributed by atoms with Gasteiger partial charge in [0, 0.05) is 19.1 Å². The Morgan fingerprint density at radius 2 is 2.10 bits per heavy atom. The van der Waals surface area contributed by atoms with E-state index in [-0.39, 0.29) is 31.0 Å². The van der Waals surface area contributed by atoms with Gasteiger partial charge in [0.2, 0.25) is 5.91 Å². The van der Waals surface area contributed by atoms with Gasteiger partial charge in [0.15, 0.2) is 0 Å². The number of rotatable bonds is 7. The number of amides is 1. The molecule has 2 aliphatic rings. The minimum absolute atomic E-state index is 0.0206. The van der Waals surface area contributed by atoms with Crippen LogP contribution in [-0.4, -0.2) is 72.3 Å². The molecule has 2 aliphatic heterocycles. The number of aliphatic hydroxyl groups excluding tert-OH is 1. The summed E-state index contributed by atoms with van der Waals surface area (Å²) in [7, 11) is 0. The van der Waals surface area contributed by atoms with E-state index in [1.54, 1.807) is 11.3 Å². The zero-order valence-electron chi connectivity index (χ0n) is 17.5. The molecular weight excluding hydrogens is 402 g/mol. The zero-order chi connectivity index (χ0) is 21.1.